The maximum absolute atomic E-state index is 17.9. The topological polar surface area (TPSA) is 93.2 Å². The fourth-order valence-corrected chi connectivity index (χ4v) is 9.94. The number of rotatable bonds is 17. The van der Waals surface area contributed by atoms with E-state index >= 15 is 22.0 Å². The van der Waals surface area contributed by atoms with Gasteiger partial charge in [-0.2, -0.15) is 13.2 Å². The molecule has 0 spiro atoms. The number of ether oxygens (including phenoxy) is 5. The largest absolute Gasteiger partial charge is 0.497 e. The zero-order chi connectivity index (χ0) is 53.1. The Kier molecular flexibility index (Phi) is 15.3. The number of anilines is 3. The van der Waals surface area contributed by atoms with E-state index in [4.69, 9.17) is 56.9 Å². The lowest BCUT2D eigenvalue weighted by molar-refractivity contribution is -0.137. The molecule has 1 N–H and O–H groups in total. The molecule has 0 bridgehead atoms. The summed E-state index contributed by atoms with van der Waals surface area (Å²) >= 11 is 14.1. The van der Waals surface area contributed by atoms with Crippen LogP contribution in [0.25, 0.3) is 11.1 Å². The molecule has 9 rings (SSSR count). The first-order chi connectivity index (χ1) is 36.1. The molecular weight excluding hydrogens is 1010 g/mol. The first-order valence-electron chi connectivity index (χ1n) is 23.6. The zero-order valence-corrected chi connectivity index (χ0v) is 43.2. The lowest BCUT2D eigenvalue weighted by Gasteiger charge is -2.34. The van der Waals surface area contributed by atoms with E-state index in [1.807, 2.05) is 61.5 Å². The molecule has 0 fully saturated rings. The summed E-state index contributed by atoms with van der Waals surface area (Å²) in [6.45, 7) is 3.70. The fraction of sp³-hybridized carbons (Fsp3) is 0.228. The van der Waals surface area contributed by atoms with Crippen LogP contribution in [0.4, 0.5) is 39.1 Å². The van der Waals surface area contributed by atoms with Crippen molar-refractivity contribution in [1.29, 1.82) is 0 Å². The number of amidine groups is 1. The van der Waals surface area contributed by atoms with Crippen LogP contribution in [0, 0.1) is 18.6 Å². The first kappa shape index (κ1) is 52.2. The number of hydrogen-bond donors (Lipinski definition) is 1. The molecule has 2 aliphatic rings. The molecule has 0 amide bonds. The summed E-state index contributed by atoms with van der Waals surface area (Å²) in [6, 6.07) is 33.5. The van der Waals surface area contributed by atoms with Gasteiger partial charge in [0.25, 0.3) is 0 Å². The summed E-state index contributed by atoms with van der Waals surface area (Å²) in [6.07, 6.45) is -2.05. The van der Waals surface area contributed by atoms with Gasteiger partial charge in [0, 0.05) is 49.1 Å². The second-order valence-electron chi connectivity index (χ2n) is 17.8. The van der Waals surface area contributed by atoms with Crippen molar-refractivity contribution < 1.29 is 45.6 Å². The van der Waals surface area contributed by atoms with Crippen molar-refractivity contribution in [2.24, 2.45) is 4.99 Å². The highest BCUT2D eigenvalue weighted by Gasteiger charge is 2.42. The van der Waals surface area contributed by atoms with Gasteiger partial charge in [0.1, 0.15) is 47.1 Å². The molecule has 3 heterocycles. The van der Waals surface area contributed by atoms with E-state index in [2.05, 4.69) is 10.2 Å². The summed E-state index contributed by atoms with van der Waals surface area (Å²) in [5, 5.41) is 2.32. The van der Waals surface area contributed by atoms with E-state index in [9.17, 15) is 0 Å². The quantitative estimate of drug-likeness (QED) is 0.0889. The number of hydrogen-bond acceptors (Lipinski definition) is 11. The van der Waals surface area contributed by atoms with Gasteiger partial charge < -0.3 is 43.7 Å². The van der Waals surface area contributed by atoms with Gasteiger partial charge in [0.15, 0.2) is 11.6 Å². The molecule has 1 aromatic heterocycles. The highest BCUT2D eigenvalue weighted by atomic mass is 35.5. The summed E-state index contributed by atoms with van der Waals surface area (Å²) < 4.78 is 109. The predicted octanol–water partition coefficient (Wildman–Crippen LogP) is 14.1. The number of nitrogens with zero attached hydrogens (tertiary/aromatic N) is 5. The average molecular weight is 1070 g/mol. The Morgan fingerprint density at radius 1 is 0.693 bits per heavy atom. The number of pyridine rings is 1. The summed E-state index contributed by atoms with van der Waals surface area (Å²) in [7, 11) is 6.25. The molecule has 1 unspecified atom stereocenters. The van der Waals surface area contributed by atoms with Gasteiger partial charge in [-0.3, -0.25) is 0 Å². The van der Waals surface area contributed by atoms with Crippen molar-refractivity contribution in [2.45, 2.75) is 52.2 Å². The van der Waals surface area contributed by atoms with Crippen molar-refractivity contribution in [1.82, 2.24) is 9.88 Å². The second-order valence-corrected chi connectivity index (χ2v) is 18.5. The van der Waals surface area contributed by atoms with Crippen molar-refractivity contribution in [2.75, 3.05) is 50.2 Å². The number of aliphatic imine (C=N–C) groups is 1. The zero-order valence-electron chi connectivity index (χ0n) is 41.7. The minimum atomic E-state index is -5.18. The smallest absolute Gasteiger partial charge is 0.417 e. The molecule has 388 valence electrons. The Morgan fingerprint density at radius 2 is 1.17 bits per heavy atom. The lowest BCUT2D eigenvalue weighted by atomic mass is 9.90. The molecule has 0 saturated carbocycles. The predicted molar refractivity (Wildman–Crippen MR) is 282 cm³/mol. The van der Waals surface area contributed by atoms with Crippen LogP contribution in [0.1, 0.15) is 57.5 Å². The van der Waals surface area contributed by atoms with Gasteiger partial charge in [-0.1, -0.05) is 66.2 Å². The van der Waals surface area contributed by atoms with Crippen molar-refractivity contribution in [3.63, 3.8) is 0 Å². The highest BCUT2D eigenvalue weighted by Crippen LogP contribution is 2.53. The molecule has 0 saturated heterocycles. The Labute approximate surface area is 441 Å². The Morgan fingerprint density at radius 3 is 1.64 bits per heavy atom. The molecule has 18 heteroatoms. The Balaban J connectivity index is 1.15. The summed E-state index contributed by atoms with van der Waals surface area (Å²) in [4.78, 5) is 15.1. The third-order valence-corrected chi connectivity index (χ3v) is 13.8. The highest BCUT2D eigenvalue weighted by molar-refractivity contribution is 6.38. The second kappa shape index (κ2) is 22.0. The van der Waals surface area contributed by atoms with Crippen LogP contribution in [0.2, 0.25) is 5.02 Å². The number of nitrogens with one attached hydrogen (secondary N) is 1. The van der Waals surface area contributed by atoms with Crippen molar-refractivity contribution in [3.8, 4) is 39.9 Å². The van der Waals surface area contributed by atoms with Gasteiger partial charge in [-0.05, 0) is 114 Å². The minimum Gasteiger partial charge on any atom is -0.497 e. The van der Waals surface area contributed by atoms with Crippen LogP contribution in [-0.4, -0.2) is 50.8 Å². The van der Waals surface area contributed by atoms with Gasteiger partial charge in [0.05, 0.1) is 68.2 Å². The lowest BCUT2D eigenvalue weighted by Crippen LogP contribution is -2.34. The van der Waals surface area contributed by atoms with Gasteiger partial charge >= 0.3 is 6.18 Å². The molecular formula is C57H51Cl2F5N6O5. The van der Waals surface area contributed by atoms with E-state index < -0.39 is 56.9 Å². The van der Waals surface area contributed by atoms with E-state index in [1.165, 1.54) is 20.4 Å². The summed E-state index contributed by atoms with van der Waals surface area (Å²) in [5.74, 6) is 0.363. The number of halogens is 7. The van der Waals surface area contributed by atoms with Crippen LogP contribution in [-0.2, 0) is 32.4 Å². The number of aromatic nitrogens is 1. The van der Waals surface area contributed by atoms with Crippen molar-refractivity contribution >= 4 is 46.2 Å². The molecule has 75 heavy (non-hydrogen) atoms. The Bertz CT molecular complexity index is 3170. The first-order valence-corrected chi connectivity index (χ1v) is 24.4. The number of methoxy groups -OCH3 is 4. The van der Waals surface area contributed by atoms with Crippen LogP contribution < -0.4 is 38.8 Å². The monoisotopic (exact) mass is 1060 g/mol. The number of alkyl halides is 3. The molecule has 11 nitrogen and oxygen atoms in total. The molecule has 1 atom stereocenters. The molecule has 2 aliphatic heterocycles. The fourth-order valence-electron chi connectivity index (χ4n) is 9.41. The van der Waals surface area contributed by atoms with E-state index in [0.29, 0.717) is 58.6 Å². The third kappa shape index (κ3) is 10.8. The standard InChI is InChI=1S/C57H51Cl2F5N6O5/c1-33-49(57(62,63)64)44(26-45(51(33)60)68(27-35-9-17-39(71-3)18-10-35)28-36-11-19-40(72-4)20-12-36)47-50(59)53-48-54(52(47)61)75-46(58)31-70(56(48)67-32-66-53)34(2)43-8-7-25-65-55(43)69(29-37-13-21-41(73-5)22-14-37)30-38-15-23-42(74-6)24-16-38/h7-26,31,34,66H,27-30,32H2,1-6H3. The van der Waals surface area contributed by atoms with E-state index in [0.717, 1.165) is 24.1 Å². The molecule has 0 aliphatic carbocycles. The van der Waals surface area contributed by atoms with Crippen LogP contribution in [0.5, 0.6) is 28.7 Å². The molecule has 0 radical (unpaired) electrons. The van der Waals surface area contributed by atoms with Crippen LogP contribution in [0.15, 0.2) is 138 Å². The van der Waals surface area contributed by atoms with E-state index in [1.54, 1.807) is 84.8 Å². The SMILES string of the molecule is COc1ccc(CN(Cc2ccc(OC)cc2)c2cc(-c3c(F)c4c5c(c3Cl)NCN=C5N(C(C)c3cccnc3N(Cc3ccc(OC)cc3)Cc3ccc(OC)cc3)C=C(Cl)O4)c(C(F)(F)F)c(C)c2F)cc1. The van der Waals surface area contributed by atoms with Crippen LogP contribution in [0.3, 0.4) is 0 Å². The number of benzene rings is 6. The molecule has 7 aromatic rings. The average Bonchev–Trinajstić information content (AvgIpc) is 3.58. The van der Waals surface area contributed by atoms with Gasteiger partial charge in [-0.25, -0.2) is 18.8 Å². The molecule has 6 aromatic carbocycles. The van der Waals surface area contributed by atoms with Gasteiger partial charge in [-0.15, -0.1) is 0 Å². The summed E-state index contributed by atoms with van der Waals surface area (Å²) in [5.41, 5.74) is 0.254. The minimum absolute atomic E-state index is 0.0123. The third-order valence-electron chi connectivity index (χ3n) is 13.2. The Hall–Kier alpha value is -7.69. The maximum atomic E-state index is 17.9. The van der Waals surface area contributed by atoms with Gasteiger partial charge in [0.2, 0.25) is 5.22 Å². The maximum Gasteiger partial charge on any atom is 0.417 e. The van der Waals surface area contributed by atoms with E-state index in [-0.39, 0.29) is 47.8 Å². The van der Waals surface area contributed by atoms with Crippen molar-refractivity contribution in [3.05, 3.63) is 194 Å². The van der Waals surface area contributed by atoms with Crippen LogP contribution >= 0.6 is 23.2 Å². The normalized spacial score (nSPS) is 13.3.